The third-order valence-corrected chi connectivity index (χ3v) is 9.05. The number of unbranched alkanes of at least 4 members (excludes halogenated alkanes) is 5. The predicted octanol–water partition coefficient (Wildman–Crippen LogP) is 6.87. The van der Waals surface area contributed by atoms with Crippen LogP contribution in [0.4, 0.5) is 0 Å². The van der Waals surface area contributed by atoms with E-state index in [-0.39, 0.29) is 42.9 Å². The third-order valence-electron chi connectivity index (χ3n) is 7.95. The zero-order valence-corrected chi connectivity index (χ0v) is 27.4. The molecule has 0 spiro atoms. The summed E-state index contributed by atoms with van der Waals surface area (Å²) in [5.74, 6) is 1.85. The van der Waals surface area contributed by atoms with Gasteiger partial charge in [-0.2, -0.15) is 11.8 Å². The number of allylic oxidation sites excluding steroid dienone is 1. The molecular weight excluding hydrogens is 564 g/mol. The minimum atomic E-state index is -0.604. The van der Waals surface area contributed by atoms with Gasteiger partial charge in [-0.15, -0.1) is 0 Å². The van der Waals surface area contributed by atoms with Crippen LogP contribution in [-0.4, -0.2) is 60.8 Å². The lowest BCUT2D eigenvalue weighted by Crippen LogP contribution is -2.17. The Balaban J connectivity index is 1.57. The van der Waals surface area contributed by atoms with Crippen molar-refractivity contribution in [1.82, 2.24) is 0 Å². The van der Waals surface area contributed by atoms with Gasteiger partial charge in [0.25, 0.3) is 0 Å². The summed E-state index contributed by atoms with van der Waals surface area (Å²) in [5, 5.41) is 10.6. The molecule has 0 radical (unpaired) electrons. The topological polar surface area (TPSA) is 99.1 Å². The van der Waals surface area contributed by atoms with Gasteiger partial charge in [0.05, 0.1) is 12.7 Å². The van der Waals surface area contributed by atoms with Gasteiger partial charge in [0.2, 0.25) is 0 Å². The molecular formula is C35H54O7S. The normalized spacial score (nSPS) is 19.2. The van der Waals surface area contributed by atoms with Crippen LogP contribution in [0.5, 0.6) is 0 Å². The van der Waals surface area contributed by atoms with Crippen molar-refractivity contribution in [3.63, 3.8) is 0 Å². The molecule has 43 heavy (non-hydrogen) atoms. The van der Waals surface area contributed by atoms with E-state index in [2.05, 4.69) is 26.0 Å². The van der Waals surface area contributed by atoms with Gasteiger partial charge in [-0.1, -0.05) is 82.4 Å². The fourth-order valence-electron chi connectivity index (χ4n) is 5.61. The number of carbonyl (C=O) groups is 3. The molecule has 0 amide bonds. The molecule has 242 valence electrons. The number of thioether (sulfide) groups is 1. The van der Waals surface area contributed by atoms with Crippen molar-refractivity contribution in [3.05, 3.63) is 47.5 Å². The summed E-state index contributed by atoms with van der Waals surface area (Å²) in [5.41, 5.74) is 2.14. The lowest BCUT2D eigenvalue weighted by Gasteiger charge is -2.18. The lowest BCUT2D eigenvalue weighted by molar-refractivity contribution is -0.152. The zero-order chi connectivity index (χ0) is 31.3. The van der Waals surface area contributed by atoms with Crippen LogP contribution >= 0.6 is 11.8 Å². The Hall–Kier alpha value is -2.16. The monoisotopic (exact) mass is 618 g/mol. The minimum absolute atomic E-state index is 0.0234. The molecule has 7 nitrogen and oxygen atoms in total. The van der Waals surface area contributed by atoms with Gasteiger partial charge in [-0.05, 0) is 53.7 Å². The molecule has 0 unspecified atom stereocenters. The summed E-state index contributed by atoms with van der Waals surface area (Å²) in [4.78, 5) is 36.4. The van der Waals surface area contributed by atoms with Gasteiger partial charge < -0.3 is 19.3 Å². The number of Topliss-reactive ketones (excluding diaryl/α,β-unsaturated/α-hetero) is 1. The highest BCUT2D eigenvalue weighted by Gasteiger charge is 2.37. The highest BCUT2D eigenvalue weighted by Crippen LogP contribution is 2.38. The lowest BCUT2D eigenvalue weighted by atomic mass is 9.87. The van der Waals surface area contributed by atoms with Crippen LogP contribution in [0.15, 0.2) is 36.4 Å². The summed E-state index contributed by atoms with van der Waals surface area (Å²) in [6, 6.07) is 8.05. The number of carbonyl (C=O) groups excluding carboxylic acids is 3. The van der Waals surface area contributed by atoms with E-state index in [1.54, 1.807) is 18.9 Å². The van der Waals surface area contributed by atoms with E-state index >= 15 is 0 Å². The molecule has 1 aromatic rings. The molecule has 1 N–H and O–H groups in total. The molecule has 1 aliphatic rings. The largest absolute Gasteiger partial charge is 0.462 e. The van der Waals surface area contributed by atoms with Crippen molar-refractivity contribution in [3.8, 4) is 0 Å². The molecule has 1 fully saturated rings. The Morgan fingerprint density at radius 1 is 1.00 bits per heavy atom. The number of methoxy groups -OCH3 is 1. The summed E-state index contributed by atoms with van der Waals surface area (Å²) in [7, 11) is 1.67. The molecule has 0 aromatic heterocycles. The maximum absolute atomic E-state index is 12.7. The van der Waals surface area contributed by atoms with E-state index in [4.69, 9.17) is 14.2 Å². The quantitative estimate of drug-likeness (QED) is 0.0806. The smallest absolute Gasteiger partial charge is 0.305 e. The highest BCUT2D eigenvalue weighted by atomic mass is 32.2. The second-order valence-electron chi connectivity index (χ2n) is 11.7. The van der Waals surface area contributed by atoms with E-state index in [1.165, 1.54) is 19.3 Å². The third kappa shape index (κ3) is 15.9. The second-order valence-corrected chi connectivity index (χ2v) is 12.9. The van der Waals surface area contributed by atoms with Crippen LogP contribution in [0.25, 0.3) is 0 Å². The van der Waals surface area contributed by atoms with Gasteiger partial charge >= 0.3 is 11.9 Å². The van der Waals surface area contributed by atoms with E-state index in [9.17, 15) is 19.5 Å². The van der Waals surface area contributed by atoms with Crippen LogP contribution in [-0.2, 0) is 41.6 Å². The molecule has 0 aliphatic heterocycles. The fourth-order valence-corrected chi connectivity index (χ4v) is 6.58. The minimum Gasteiger partial charge on any atom is -0.462 e. The number of aliphatic hydroxyl groups is 1. The first-order valence-electron chi connectivity index (χ1n) is 16.2. The van der Waals surface area contributed by atoms with Crippen LogP contribution in [0.3, 0.4) is 0 Å². The molecule has 4 atom stereocenters. The van der Waals surface area contributed by atoms with Gasteiger partial charge in [0.1, 0.15) is 19.0 Å². The van der Waals surface area contributed by atoms with Crippen molar-refractivity contribution in [2.24, 2.45) is 17.8 Å². The zero-order valence-electron chi connectivity index (χ0n) is 26.6. The summed E-state index contributed by atoms with van der Waals surface area (Å²) in [6.07, 6.45) is 13.4. The summed E-state index contributed by atoms with van der Waals surface area (Å²) < 4.78 is 15.5. The van der Waals surface area contributed by atoms with Gasteiger partial charge in [-0.3, -0.25) is 14.4 Å². The molecule has 2 rings (SSSR count). The first-order valence-corrected chi connectivity index (χ1v) is 17.3. The van der Waals surface area contributed by atoms with E-state index in [0.717, 1.165) is 48.3 Å². The maximum Gasteiger partial charge on any atom is 0.305 e. The van der Waals surface area contributed by atoms with E-state index in [1.807, 2.05) is 24.3 Å². The molecule has 1 aromatic carbocycles. The average Bonchev–Trinajstić information content (AvgIpc) is 3.25. The number of ketones is 1. The molecule has 1 saturated carbocycles. The Labute approximate surface area is 263 Å². The van der Waals surface area contributed by atoms with Crippen LogP contribution < -0.4 is 0 Å². The van der Waals surface area contributed by atoms with E-state index in [0.29, 0.717) is 44.5 Å². The second kappa shape index (κ2) is 22.4. The van der Waals surface area contributed by atoms with Crippen LogP contribution in [0.2, 0.25) is 0 Å². The van der Waals surface area contributed by atoms with Crippen molar-refractivity contribution >= 4 is 29.5 Å². The molecule has 0 saturated heterocycles. The maximum atomic E-state index is 12.7. The Bertz CT molecular complexity index is 979. The first-order chi connectivity index (χ1) is 20.8. The molecule has 0 heterocycles. The number of rotatable bonds is 23. The first kappa shape index (κ1) is 37.0. The van der Waals surface area contributed by atoms with Gasteiger partial charge in [0, 0.05) is 38.7 Å². The van der Waals surface area contributed by atoms with Gasteiger partial charge in [-0.25, -0.2) is 0 Å². The number of ether oxygens (including phenoxy) is 3. The number of hydrogen-bond acceptors (Lipinski definition) is 8. The van der Waals surface area contributed by atoms with Gasteiger partial charge in [0.15, 0.2) is 0 Å². The van der Waals surface area contributed by atoms with Crippen LogP contribution in [0.1, 0.15) is 95.6 Å². The summed E-state index contributed by atoms with van der Waals surface area (Å²) >= 11 is 1.75. The number of aliphatic hydroxyl groups excluding tert-OH is 1. The Kier molecular flexibility index (Phi) is 19.3. The number of benzene rings is 1. The molecule has 0 bridgehead atoms. The van der Waals surface area contributed by atoms with Crippen molar-refractivity contribution < 1.29 is 33.7 Å². The summed E-state index contributed by atoms with van der Waals surface area (Å²) in [6.45, 7) is 5.05. The predicted molar refractivity (Wildman–Crippen MR) is 173 cm³/mol. The Morgan fingerprint density at radius 2 is 1.67 bits per heavy atom. The molecule has 8 heteroatoms. The molecule has 1 aliphatic carbocycles. The van der Waals surface area contributed by atoms with E-state index < -0.39 is 6.10 Å². The van der Waals surface area contributed by atoms with Crippen LogP contribution in [0, 0.1) is 17.8 Å². The highest BCUT2D eigenvalue weighted by molar-refractivity contribution is 7.99. The number of hydrogen-bond donors (Lipinski definition) is 1. The van der Waals surface area contributed by atoms with Crippen molar-refractivity contribution in [1.29, 1.82) is 0 Å². The fraction of sp³-hybridized carbons (Fsp3) is 0.686. The SMILES string of the molecule is CCCCCCCCC(=O)OCCOC(=O)CCCSCC[C@H]1C(=O)C[C@@H](C)[C@@H]1/C=C/[C@@H](O)Cc1cccc(COC)c1. The number of esters is 2. The van der Waals surface area contributed by atoms with Crippen molar-refractivity contribution in [2.75, 3.05) is 31.8 Å². The van der Waals surface area contributed by atoms with Crippen molar-refractivity contribution in [2.45, 2.75) is 104 Å². The Morgan fingerprint density at radius 3 is 2.40 bits per heavy atom. The average molecular weight is 619 g/mol. The standard InChI is InChI=1S/C35H54O7S/c1-4-5-6-7-8-9-14-34(38)41-19-20-42-35(39)15-11-21-43-22-18-32-31(27(2)23-33(32)37)17-16-30(36)25-28-12-10-13-29(24-28)26-40-3/h10,12-13,16-17,24,27,30-32,36H,4-9,11,14-15,18-23,25-26H2,1-3H3/b17-16+/t27-,30-,31+,32-/m1/s1.